The highest BCUT2D eigenvalue weighted by molar-refractivity contribution is 5.91. The number of aryl methyl sites for hydroxylation is 2. The summed E-state index contributed by atoms with van der Waals surface area (Å²) in [5, 5.41) is 12.9. The van der Waals surface area contributed by atoms with Crippen LogP contribution in [-0.4, -0.2) is 32.8 Å². The first-order chi connectivity index (χ1) is 8.25. The number of carbonyl (C=O) groups is 1. The van der Waals surface area contributed by atoms with E-state index in [0.29, 0.717) is 12.2 Å². The largest absolute Gasteiger partial charge is 0.351 e. The van der Waals surface area contributed by atoms with E-state index in [1.807, 2.05) is 0 Å². The molecule has 0 radical (unpaired) electrons. The molecule has 2 heterocycles. The molecule has 90 valence electrons. The molecule has 17 heavy (non-hydrogen) atoms. The number of nitrogens with zero attached hydrogens (tertiary/aromatic N) is 3. The highest BCUT2D eigenvalue weighted by Gasteiger charge is 2.10. The standard InChI is InChI=1S/C10H13N5O2/c1-7-5-8(17-15-7)10(16)11-4-2-3-9-12-6-13-14-9/h5-6H,2-4H2,1H3,(H,11,16)(H,12,13,14). The number of rotatable bonds is 5. The molecule has 0 aliphatic heterocycles. The minimum absolute atomic E-state index is 0.238. The van der Waals surface area contributed by atoms with Crippen LogP contribution in [0.3, 0.4) is 0 Å². The lowest BCUT2D eigenvalue weighted by molar-refractivity contribution is 0.0916. The Morgan fingerprint density at radius 3 is 3.12 bits per heavy atom. The molecule has 0 saturated heterocycles. The molecular weight excluding hydrogens is 222 g/mol. The van der Waals surface area contributed by atoms with Gasteiger partial charge in [-0.2, -0.15) is 5.10 Å². The van der Waals surface area contributed by atoms with Crippen molar-refractivity contribution in [1.82, 2.24) is 25.7 Å². The quantitative estimate of drug-likeness (QED) is 0.734. The van der Waals surface area contributed by atoms with Crippen LogP contribution in [0.4, 0.5) is 0 Å². The molecular formula is C10H13N5O2. The molecule has 2 rings (SSSR count). The van der Waals surface area contributed by atoms with Crippen LogP contribution in [-0.2, 0) is 6.42 Å². The Morgan fingerprint density at radius 2 is 2.47 bits per heavy atom. The number of amides is 1. The van der Waals surface area contributed by atoms with Gasteiger partial charge in [0.2, 0.25) is 5.76 Å². The van der Waals surface area contributed by atoms with Crippen molar-refractivity contribution in [2.45, 2.75) is 19.8 Å². The second-order valence-electron chi connectivity index (χ2n) is 3.62. The van der Waals surface area contributed by atoms with E-state index in [2.05, 4.69) is 25.7 Å². The third-order valence-electron chi connectivity index (χ3n) is 2.19. The highest BCUT2D eigenvalue weighted by atomic mass is 16.5. The fraction of sp³-hybridized carbons (Fsp3) is 0.400. The molecule has 0 aliphatic carbocycles. The lowest BCUT2D eigenvalue weighted by atomic mass is 10.3. The SMILES string of the molecule is Cc1cc(C(=O)NCCCc2ncn[nH]2)on1. The van der Waals surface area contributed by atoms with Crippen molar-refractivity contribution in [2.24, 2.45) is 0 Å². The normalized spacial score (nSPS) is 10.4. The Labute approximate surface area is 97.6 Å². The Bertz CT molecular complexity index is 477. The summed E-state index contributed by atoms with van der Waals surface area (Å²) >= 11 is 0. The van der Waals surface area contributed by atoms with E-state index in [0.717, 1.165) is 18.7 Å². The number of hydrogen-bond donors (Lipinski definition) is 2. The third kappa shape index (κ3) is 3.13. The smallest absolute Gasteiger partial charge is 0.289 e. The van der Waals surface area contributed by atoms with E-state index < -0.39 is 0 Å². The molecule has 0 fully saturated rings. The number of carbonyl (C=O) groups excluding carboxylic acids is 1. The van der Waals surface area contributed by atoms with E-state index in [1.54, 1.807) is 13.0 Å². The van der Waals surface area contributed by atoms with Crippen LogP contribution in [0.15, 0.2) is 16.9 Å². The Kier molecular flexibility index (Phi) is 3.49. The molecule has 0 aliphatic rings. The van der Waals surface area contributed by atoms with Crippen LogP contribution in [0.1, 0.15) is 28.5 Å². The van der Waals surface area contributed by atoms with Crippen LogP contribution in [0.25, 0.3) is 0 Å². The maximum atomic E-state index is 11.5. The lowest BCUT2D eigenvalue weighted by Gasteiger charge is -2.00. The molecule has 7 nitrogen and oxygen atoms in total. The molecule has 7 heteroatoms. The summed E-state index contributed by atoms with van der Waals surface area (Å²) in [5.74, 6) is 0.806. The van der Waals surface area contributed by atoms with Crippen LogP contribution in [0.2, 0.25) is 0 Å². The first-order valence-corrected chi connectivity index (χ1v) is 5.31. The van der Waals surface area contributed by atoms with E-state index >= 15 is 0 Å². The molecule has 0 saturated carbocycles. The predicted octanol–water partition coefficient (Wildman–Crippen LogP) is 0.464. The van der Waals surface area contributed by atoms with E-state index in [-0.39, 0.29) is 11.7 Å². The second kappa shape index (κ2) is 5.24. The van der Waals surface area contributed by atoms with Gasteiger partial charge in [-0.25, -0.2) is 4.98 Å². The zero-order valence-electron chi connectivity index (χ0n) is 9.43. The number of H-pyrrole nitrogens is 1. The first kappa shape index (κ1) is 11.3. The van der Waals surface area contributed by atoms with E-state index in [9.17, 15) is 4.79 Å². The predicted molar refractivity (Wildman–Crippen MR) is 58.3 cm³/mol. The van der Waals surface area contributed by atoms with Gasteiger partial charge in [0.1, 0.15) is 12.2 Å². The van der Waals surface area contributed by atoms with Crippen molar-refractivity contribution in [3.8, 4) is 0 Å². The number of aromatic amines is 1. The van der Waals surface area contributed by atoms with Gasteiger partial charge in [0.15, 0.2) is 0 Å². The summed E-state index contributed by atoms with van der Waals surface area (Å²) in [7, 11) is 0. The van der Waals surface area contributed by atoms with E-state index in [4.69, 9.17) is 4.52 Å². The average molecular weight is 235 g/mol. The summed E-state index contributed by atoms with van der Waals surface area (Å²) in [5.41, 5.74) is 0.691. The minimum atomic E-state index is -0.247. The molecule has 2 N–H and O–H groups in total. The highest BCUT2D eigenvalue weighted by Crippen LogP contribution is 2.01. The molecule has 0 unspecified atom stereocenters. The van der Waals surface area contributed by atoms with Crippen LogP contribution >= 0.6 is 0 Å². The molecule has 1 amide bonds. The number of aromatic nitrogens is 4. The van der Waals surface area contributed by atoms with Gasteiger partial charge < -0.3 is 9.84 Å². The first-order valence-electron chi connectivity index (χ1n) is 5.31. The fourth-order valence-electron chi connectivity index (χ4n) is 1.37. The van der Waals surface area contributed by atoms with E-state index in [1.165, 1.54) is 6.33 Å². The Hall–Kier alpha value is -2.18. The summed E-state index contributed by atoms with van der Waals surface area (Å²) in [6.07, 6.45) is 3.00. The Balaban J connectivity index is 1.70. The molecule has 0 spiro atoms. The van der Waals surface area contributed by atoms with Gasteiger partial charge in [-0.05, 0) is 13.3 Å². The van der Waals surface area contributed by atoms with Crippen molar-refractivity contribution in [2.75, 3.05) is 6.54 Å². The van der Waals surface area contributed by atoms with Gasteiger partial charge in [-0.1, -0.05) is 5.16 Å². The van der Waals surface area contributed by atoms with Crippen LogP contribution in [0.5, 0.6) is 0 Å². The van der Waals surface area contributed by atoms with Crippen molar-refractivity contribution < 1.29 is 9.32 Å². The van der Waals surface area contributed by atoms with Gasteiger partial charge in [0.25, 0.3) is 5.91 Å². The van der Waals surface area contributed by atoms with Crippen molar-refractivity contribution >= 4 is 5.91 Å². The van der Waals surface area contributed by atoms with Gasteiger partial charge >= 0.3 is 0 Å². The molecule has 0 bridgehead atoms. The van der Waals surface area contributed by atoms with Gasteiger partial charge in [0.05, 0.1) is 5.69 Å². The Morgan fingerprint density at radius 1 is 1.59 bits per heavy atom. The van der Waals surface area contributed by atoms with Crippen molar-refractivity contribution in [1.29, 1.82) is 0 Å². The monoisotopic (exact) mass is 235 g/mol. The zero-order chi connectivity index (χ0) is 12.1. The summed E-state index contributed by atoms with van der Waals surface area (Å²) < 4.78 is 4.84. The van der Waals surface area contributed by atoms with Gasteiger partial charge in [-0.3, -0.25) is 9.89 Å². The second-order valence-corrected chi connectivity index (χ2v) is 3.62. The maximum absolute atomic E-state index is 11.5. The summed E-state index contributed by atoms with van der Waals surface area (Å²) in [6, 6.07) is 1.60. The molecule has 0 atom stereocenters. The maximum Gasteiger partial charge on any atom is 0.289 e. The van der Waals surface area contributed by atoms with Crippen molar-refractivity contribution in [3.63, 3.8) is 0 Å². The van der Waals surface area contributed by atoms with Crippen molar-refractivity contribution in [3.05, 3.63) is 29.7 Å². The summed E-state index contributed by atoms with van der Waals surface area (Å²) in [6.45, 7) is 2.32. The zero-order valence-corrected chi connectivity index (χ0v) is 9.43. The topological polar surface area (TPSA) is 96.7 Å². The number of hydrogen-bond acceptors (Lipinski definition) is 5. The average Bonchev–Trinajstić information content (AvgIpc) is 2.95. The lowest BCUT2D eigenvalue weighted by Crippen LogP contribution is -2.24. The molecule has 0 aromatic carbocycles. The summed E-state index contributed by atoms with van der Waals surface area (Å²) in [4.78, 5) is 15.5. The molecule has 2 aromatic heterocycles. The minimum Gasteiger partial charge on any atom is -0.351 e. The number of nitrogens with one attached hydrogen (secondary N) is 2. The van der Waals surface area contributed by atoms with Gasteiger partial charge in [-0.15, -0.1) is 0 Å². The third-order valence-corrected chi connectivity index (χ3v) is 2.19. The van der Waals surface area contributed by atoms with Crippen LogP contribution in [0, 0.1) is 6.92 Å². The molecule has 2 aromatic rings. The fourth-order valence-corrected chi connectivity index (χ4v) is 1.37. The van der Waals surface area contributed by atoms with Crippen LogP contribution < -0.4 is 5.32 Å². The van der Waals surface area contributed by atoms with Gasteiger partial charge in [0, 0.05) is 19.0 Å².